The molecule has 1 aliphatic rings. The summed E-state index contributed by atoms with van der Waals surface area (Å²) in [6, 6.07) is 4.42. The first kappa shape index (κ1) is 15.6. The highest BCUT2D eigenvalue weighted by Crippen LogP contribution is 2.21. The number of esters is 1. The highest BCUT2D eigenvalue weighted by molar-refractivity contribution is 6.33. The Morgan fingerprint density at radius 2 is 2.00 bits per heavy atom. The van der Waals surface area contributed by atoms with Crippen molar-refractivity contribution >= 4 is 17.6 Å². The number of fused-ring (bicyclic) bond motifs is 1. The number of carbonyl (C=O) groups is 1. The molecule has 0 radical (unpaired) electrons. The van der Waals surface area contributed by atoms with E-state index in [1.807, 2.05) is 0 Å². The van der Waals surface area contributed by atoms with Gasteiger partial charge in [-0.05, 0) is 37.5 Å². The SMILES string of the molecule is COC(=O)c1cc(-n2c(=O)c3c(n(C)c2=O)CCC3)ccc1Cl. The molecular formula is C16H15ClN2O4. The van der Waals surface area contributed by atoms with Gasteiger partial charge in [0, 0.05) is 18.3 Å². The number of aromatic nitrogens is 2. The Morgan fingerprint density at radius 3 is 2.70 bits per heavy atom. The van der Waals surface area contributed by atoms with Crippen molar-refractivity contribution in [2.75, 3.05) is 7.11 Å². The van der Waals surface area contributed by atoms with Gasteiger partial charge in [-0.3, -0.25) is 4.79 Å². The largest absolute Gasteiger partial charge is 0.465 e. The van der Waals surface area contributed by atoms with Gasteiger partial charge < -0.3 is 9.30 Å². The molecule has 7 heteroatoms. The first-order chi connectivity index (χ1) is 11.0. The van der Waals surface area contributed by atoms with E-state index in [4.69, 9.17) is 11.6 Å². The molecule has 0 atom stereocenters. The van der Waals surface area contributed by atoms with Crippen molar-refractivity contribution in [3.8, 4) is 5.69 Å². The van der Waals surface area contributed by atoms with E-state index < -0.39 is 11.7 Å². The summed E-state index contributed by atoms with van der Waals surface area (Å²) < 4.78 is 7.24. The Labute approximate surface area is 136 Å². The van der Waals surface area contributed by atoms with Crippen LogP contribution in [0.5, 0.6) is 0 Å². The van der Waals surface area contributed by atoms with Crippen molar-refractivity contribution in [1.29, 1.82) is 0 Å². The van der Waals surface area contributed by atoms with E-state index in [0.29, 0.717) is 17.7 Å². The van der Waals surface area contributed by atoms with Gasteiger partial charge in [0.25, 0.3) is 5.56 Å². The smallest absolute Gasteiger partial charge is 0.339 e. The lowest BCUT2D eigenvalue weighted by Crippen LogP contribution is -2.40. The van der Waals surface area contributed by atoms with Crippen LogP contribution in [0.1, 0.15) is 28.0 Å². The molecule has 23 heavy (non-hydrogen) atoms. The highest BCUT2D eigenvalue weighted by Gasteiger charge is 2.23. The van der Waals surface area contributed by atoms with Crippen LogP contribution in [0, 0.1) is 0 Å². The molecule has 0 saturated carbocycles. The zero-order valence-corrected chi connectivity index (χ0v) is 13.5. The Morgan fingerprint density at radius 1 is 1.26 bits per heavy atom. The molecule has 0 spiro atoms. The Balaban J connectivity index is 2.29. The summed E-state index contributed by atoms with van der Waals surface area (Å²) in [6.45, 7) is 0. The summed E-state index contributed by atoms with van der Waals surface area (Å²) in [6.07, 6.45) is 2.24. The third kappa shape index (κ3) is 2.39. The van der Waals surface area contributed by atoms with Crippen molar-refractivity contribution in [2.45, 2.75) is 19.3 Å². The average Bonchev–Trinajstić information content (AvgIpc) is 3.03. The van der Waals surface area contributed by atoms with E-state index in [0.717, 1.165) is 23.1 Å². The molecule has 0 amide bonds. The Kier molecular flexibility index (Phi) is 3.85. The number of halogens is 1. The second-order valence-electron chi connectivity index (χ2n) is 5.42. The van der Waals surface area contributed by atoms with Crippen molar-refractivity contribution < 1.29 is 9.53 Å². The van der Waals surface area contributed by atoms with Crippen LogP contribution in [0.4, 0.5) is 0 Å². The van der Waals surface area contributed by atoms with Gasteiger partial charge in [0.15, 0.2) is 0 Å². The fourth-order valence-electron chi connectivity index (χ4n) is 2.96. The lowest BCUT2D eigenvalue weighted by atomic mass is 10.2. The van der Waals surface area contributed by atoms with Gasteiger partial charge in [-0.1, -0.05) is 11.6 Å². The minimum Gasteiger partial charge on any atom is -0.465 e. The maximum Gasteiger partial charge on any atom is 0.339 e. The molecule has 1 aromatic heterocycles. The van der Waals surface area contributed by atoms with Crippen LogP contribution >= 0.6 is 11.6 Å². The second-order valence-corrected chi connectivity index (χ2v) is 5.82. The summed E-state index contributed by atoms with van der Waals surface area (Å²) in [4.78, 5) is 37.0. The zero-order valence-electron chi connectivity index (χ0n) is 12.8. The second kappa shape index (κ2) is 5.70. The fourth-order valence-corrected chi connectivity index (χ4v) is 3.16. The number of hydrogen-bond donors (Lipinski definition) is 0. The van der Waals surface area contributed by atoms with Crippen molar-refractivity contribution in [2.24, 2.45) is 7.05 Å². The van der Waals surface area contributed by atoms with Gasteiger partial charge in [0.2, 0.25) is 0 Å². The van der Waals surface area contributed by atoms with Crippen LogP contribution in [-0.2, 0) is 24.6 Å². The molecule has 2 aromatic rings. The minimum atomic E-state index is -0.622. The maximum absolute atomic E-state index is 12.7. The first-order valence-corrected chi connectivity index (χ1v) is 7.55. The quantitative estimate of drug-likeness (QED) is 0.780. The van der Waals surface area contributed by atoms with Crippen molar-refractivity contribution in [3.63, 3.8) is 0 Å². The molecule has 0 aliphatic heterocycles. The molecule has 0 saturated heterocycles. The number of carbonyl (C=O) groups excluding carboxylic acids is 1. The minimum absolute atomic E-state index is 0.112. The molecule has 1 aliphatic carbocycles. The lowest BCUT2D eigenvalue weighted by molar-refractivity contribution is 0.0601. The summed E-state index contributed by atoms with van der Waals surface area (Å²) in [5.74, 6) is -0.622. The molecule has 120 valence electrons. The average molecular weight is 335 g/mol. The van der Waals surface area contributed by atoms with E-state index in [2.05, 4.69) is 4.74 Å². The zero-order chi connectivity index (χ0) is 16.7. The highest BCUT2D eigenvalue weighted by atomic mass is 35.5. The van der Waals surface area contributed by atoms with Crippen LogP contribution in [0.2, 0.25) is 5.02 Å². The molecule has 3 rings (SSSR count). The van der Waals surface area contributed by atoms with Crippen molar-refractivity contribution in [1.82, 2.24) is 9.13 Å². The number of rotatable bonds is 2. The number of benzene rings is 1. The molecule has 6 nitrogen and oxygen atoms in total. The van der Waals surface area contributed by atoms with Gasteiger partial charge in [-0.15, -0.1) is 0 Å². The number of methoxy groups -OCH3 is 1. The Bertz CT molecular complexity index is 927. The summed E-state index contributed by atoms with van der Waals surface area (Å²) in [5.41, 5.74) is 1.09. The molecule has 0 bridgehead atoms. The maximum atomic E-state index is 12.7. The van der Waals surface area contributed by atoms with Crippen LogP contribution < -0.4 is 11.2 Å². The third-order valence-electron chi connectivity index (χ3n) is 4.15. The molecule has 1 aromatic carbocycles. The topological polar surface area (TPSA) is 70.3 Å². The van der Waals surface area contributed by atoms with E-state index in [1.54, 1.807) is 13.1 Å². The van der Waals surface area contributed by atoms with Gasteiger partial charge in [0.05, 0.1) is 23.4 Å². The third-order valence-corrected chi connectivity index (χ3v) is 4.48. The van der Waals surface area contributed by atoms with Gasteiger partial charge in [0.1, 0.15) is 0 Å². The number of ether oxygens (including phenoxy) is 1. The van der Waals surface area contributed by atoms with Crippen LogP contribution in [-0.4, -0.2) is 22.2 Å². The van der Waals surface area contributed by atoms with E-state index in [-0.39, 0.29) is 16.1 Å². The van der Waals surface area contributed by atoms with E-state index in [1.165, 1.54) is 23.8 Å². The Hall–Kier alpha value is -2.34. The summed E-state index contributed by atoms with van der Waals surface area (Å²) >= 11 is 5.99. The van der Waals surface area contributed by atoms with Crippen LogP contribution in [0.3, 0.4) is 0 Å². The van der Waals surface area contributed by atoms with Crippen molar-refractivity contribution in [3.05, 3.63) is 60.9 Å². The normalized spacial score (nSPS) is 13.0. The van der Waals surface area contributed by atoms with E-state index in [9.17, 15) is 14.4 Å². The molecular weight excluding hydrogens is 320 g/mol. The molecule has 0 fully saturated rings. The van der Waals surface area contributed by atoms with Gasteiger partial charge >= 0.3 is 11.7 Å². The number of hydrogen-bond acceptors (Lipinski definition) is 4. The molecule has 1 heterocycles. The van der Waals surface area contributed by atoms with E-state index >= 15 is 0 Å². The summed E-state index contributed by atoms with van der Waals surface area (Å²) in [5, 5.41) is 0.201. The summed E-state index contributed by atoms with van der Waals surface area (Å²) in [7, 11) is 2.89. The van der Waals surface area contributed by atoms with Gasteiger partial charge in [-0.25, -0.2) is 14.2 Å². The predicted octanol–water partition coefficient (Wildman–Crippen LogP) is 1.46. The van der Waals surface area contributed by atoms with Crippen LogP contribution in [0.15, 0.2) is 27.8 Å². The monoisotopic (exact) mass is 334 g/mol. The molecule has 0 unspecified atom stereocenters. The lowest BCUT2D eigenvalue weighted by Gasteiger charge is -2.13. The molecule has 0 N–H and O–H groups in total. The standard InChI is InChI=1S/C16H15ClN2O4/c1-18-13-5-3-4-10(13)14(20)19(16(18)22)9-6-7-12(17)11(8-9)15(21)23-2/h6-8H,3-5H2,1-2H3. The van der Waals surface area contributed by atoms with Gasteiger partial charge in [-0.2, -0.15) is 0 Å². The van der Waals surface area contributed by atoms with Crippen LogP contribution in [0.25, 0.3) is 5.69 Å². The fraction of sp³-hybridized carbons (Fsp3) is 0.312. The number of nitrogens with zero attached hydrogens (tertiary/aromatic N) is 2. The first-order valence-electron chi connectivity index (χ1n) is 7.17. The predicted molar refractivity (Wildman–Crippen MR) is 85.7 cm³/mol.